The van der Waals surface area contributed by atoms with Crippen molar-refractivity contribution >= 4 is 18.9 Å². The number of rotatable bonds is 4. The number of carbonyl (C=O) groups excluding carboxylic acids is 3. The Labute approximate surface area is 91.2 Å². The SMILES string of the molecule is CN.CN.CN.[CH2]CC(C=O)(C=O)C=O. The molecule has 0 aromatic heterocycles. The molecule has 0 fully saturated rings. The number of carbonyl (C=O) groups is 3. The molecule has 0 saturated heterocycles. The van der Waals surface area contributed by atoms with Gasteiger partial charge >= 0.3 is 0 Å². The van der Waals surface area contributed by atoms with Crippen LogP contribution in [0.2, 0.25) is 0 Å². The summed E-state index contributed by atoms with van der Waals surface area (Å²) in [5.41, 5.74) is 12.0. The van der Waals surface area contributed by atoms with Crippen LogP contribution in [-0.4, -0.2) is 40.0 Å². The lowest BCUT2D eigenvalue weighted by Gasteiger charge is -2.07. The summed E-state index contributed by atoms with van der Waals surface area (Å²) in [5, 5.41) is 0. The quantitative estimate of drug-likeness (QED) is 0.391. The van der Waals surface area contributed by atoms with E-state index >= 15 is 0 Å². The van der Waals surface area contributed by atoms with E-state index in [0.717, 1.165) is 0 Å². The summed E-state index contributed by atoms with van der Waals surface area (Å²) >= 11 is 0. The van der Waals surface area contributed by atoms with Gasteiger partial charge in [0.2, 0.25) is 0 Å². The molecule has 0 spiro atoms. The van der Waals surface area contributed by atoms with Crippen LogP contribution in [0.5, 0.6) is 0 Å². The number of nitrogens with two attached hydrogens (primary N) is 3. The largest absolute Gasteiger partial charge is 0.333 e. The van der Waals surface area contributed by atoms with E-state index in [4.69, 9.17) is 0 Å². The normalized spacial score (nSPS) is 7.40. The molecule has 0 saturated carbocycles. The van der Waals surface area contributed by atoms with Gasteiger partial charge in [0.1, 0.15) is 24.3 Å². The zero-order chi connectivity index (χ0) is 13.3. The minimum Gasteiger partial charge on any atom is -0.333 e. The minimum absolute atomic E-state index is 0.0104. The van der Waals surface area contributed by atoms with Gasteiger partial charge in [-0.05, 0) is 27.6 Å². The average Bonchev–Trinajstić information content (AvgIpc) is 2.40. The van der Waals surface area contributed by atoms with Gasteiger partial charge < -0.3 is 31.6 Å². The molecule has 0 aromatic rings. The fourth-order valence-electron chi connectivity index (χ4n) is 0.260. The van der Waals surface area contributed by atoms with Crippen molar-refractivity contribution in [3.63, 3.8) is 0 Å². The van der Waals surface area contributed by atoms with Crippen LogP contribution in [0.15, 0.2) is 0 Å². The van der Waals surface area contributed by atoms with Crippen molar-refractivity contribution in [1.82, 2.24) is 0 Å². The van der Waals surface area contributed by atoms with Crippen LogP contribution in [0, 0.1) is 12.3 Å². The predicted octanol–water partition coefficient (Wildman–Crippen LogP) is -1.48. The zero-order valence-electron chi connectivity index (χ0n) is 9.60. The Kier molecular flexibility index (Phi) is 36.3. The van der Waals surface area contributed by atoms with Crippen molar-refractivity contribution in [3.8, 4) is 0 Å². The van der Waals surface area contributed by atoms with Crippen LogP contribution in [0.25, 0.3) is 0 Å². The molecule has 0 heterocycles. The molecule has 0 aliphatic carbocycles. The summed E-state index contributed by atoms with van der Waals surface area (Å²) in [6.45, 7) is 3.28. The Morgan fingerprint density at radius 1 is 0.867 bits per heavy atom. The molecule has 6 N–H and O–H groups in total. The summed E-state index contributed by atoms with van der Waals surface area (Å²) in [5.74, 6) is 0. The molecule has 15 heavy (non-hydrogen) atoms. The molecule has 1 radical (unpaired) electrons. The Hall–Kier alpha value is -1.11. The second-order valence-electron chi connectivity index (χ2n) is 1.72. The van der Waals surface area contributed by atoms with E-state index in [1.807, 2.05) is 0 Å². The molecule has 0 bridgehead atoms. The number of hydrogen-bond donors (Lipinski definition) is 3. The lowest BCUT2D eigenvalue weighted by molar-refractivity contribution is -0.132. The molecule has 0 amide bonds. The lowest BCUT2D eigenvalue weighted by atomic mass is 9.91. The Morgan fingerprint density at radius 3 is 1.07 bits per heavy atom. The van der Waals surface area contributed by atoms with Crippen molar-refractivity contribution in [2.75, 3.05) is 21.1 Å². The molecule has 6 heteroatoms. The summed E-state index contributed by atoms with van der Waals surface area (Å²) in [6, 6.07) is 0. The topological polar surface area (TPSA) is 129 Å². The maximum Gasteiger partial charge on any atom is 0.140 e. The van der Waals surface area contributed by atoms with Gasteiger partial charge in [-0.2, -0.15) is 0 Å². The second kappa shape index (κ2) is 23.1. The Balaban J connectivity index is -0.0000000860. The summed E-state index contributed by atoms with van der Waals surface area (Å²) in [6.07, 6.45) is 0.906. The third-order valence-electron chi connectivity index (χ3n) is 1.09. The van der Waals surface area contributed by atoms with Crippen LogP contribution >= 0.6 is 0 Å². The molecule has 6 nitrogen and oxygen atoms in total. The number of hydrogen-bond acceptors (Lipinski definition) is 6. The minimum atomic E-state index is -1.49. The first-order valence-corrected chi connectivity index (χ1v) is 4.16. The van der Waals surface area contributed by atoms with Crippen LogP contribution < -0.4 is 17.2 Å². The highest BCUT2D eigenvalue weighted by Crippen LogP contribution is 2.09. The van der Waals surface area contributed by atoms with Gasteiger partial charge in [0.25, 0.3) is 0 Å². The summed E-state index contributed by atoms with van der Waals surface area (Å²) in [7, 11) is 4.50. The number of aldehydes is 3. The first-order chi connectivity index (χ1) is 7.24. The second-order valence-corrected chi connectivity index (χ2v) is 1.72. The van der Waals surface area contributed by atoms with Gasteiger partial charge in [-0.25, -0.2) is 0 Å². The fourth-order valence-corrected chi connectivity index (χ4v) is 0.260. The van der Waals surface area contributed by atoms with Crippen LogP contribution in [0.4, 0.5) is 0 Å². The predicted molar refractivity (Wildman–Crippen MR) is 60.9 cm³/mol. The molecule has 91 valence electrons. The Bertz CT molecular complexity index is 119. The third kappa shape index (κ3) is 12.9. The molecule has 0 aliphatic heterocycles. The van der Waals surface area contributed by atoms with E-state index in [9.17, 15) is 14.4 Å². The van der Waals surface area contributed by atoms with E-state index in [2.05, 4.69) is 24.1 Å². The molecule has 0 aromatic carbocycles. The van der Waals surface area contributed by atoms with Crippen molar-refractivity contribution in [2.24, 2.45) is 22.6 Å². The van der Waals surface area contributed by atoms with E-state index in [1.165, 1.54) is 21.1 Å². The van der Waals surface area contributed by atoms with E-state index in [1.54, 1.807) is 0 Å². The Morgan fingerprint density at radius 2 is 1.07 bits per heavy atom. The maximum atomic E-state index is 10.0. The van der Waals surface area contributed by atoms with Crippen molar-refractivity contribution in [3.05, 3.63) is 6.92 Å². The van der Waals surface area contributed by atoms with Crippen LogP contribution in [0.3, 0.4) is 0 Å². The van der Waals surface area contributed by atoms with Crippen molar-refractivity contribution < 1.29 is 14.4 Å². The zero-order valence-corrected chi connectivity index (χ0v) is 9.60. The van der Waals surface area contributed by atoms with Crippen molar-refractivity contribution in [1.29, 1.82) is 0 Å². The molecule has 0 unspecified atom stereocenters. The van der Waals surface area contributed by atoms with E-state index < -0.39 is 5.41 Å². The van der Waals surface area contributed by atoms with Gasteiger partial charge in [-0.3, -0.25) is 0 Å². The molecular weight excluding hydrogens is 198 g/mol. The monoisotopic (exact) mass is 220 g/mol. The summed E-state index contributed by atoms with van der Waals surface area (Å²) in [4.78, 5) is 30.1. The van der Waals surface area contributed by atoms with Gasteiger partial charge in [-0.1, -0.05) is 6.92 Å². The molecule has 0 aliphatic rings. The highest BCUT2D eigenvalue weighted by atomic mass is 16.2. The third-order valence-corrected chi connectivity index (χ3v) is 1.09. The van der Waals surface area contributed by atoms with Gasteiger partial charge in [0, 0.05) is 0 Å². The first-order valence-electron chi connectivity index (χ1n) is 4.16. The lowest BCUT2D eigenvalue weighted by Crippen LogP contribution is -2.24. The standard InChI is InChI=1S/C6H7O3.3CH5N/c1-2-6(3-7,4-8)5-9;3*1-2/h3-5H,1-2H2;3*2H2,1H3. The van der Waals surface area contributed by atoms with E-state index in [0.29, 0.717) is 18.9 Å². The van der Waals surface area contributed by atoms with Crippen LogP contribution in [-0.2, 0) is 14.4 Å². The molecular formula is C9H22N3O3. The summed E-state index contributed by atoms with van der Waals surface area (Å²) < 4.78 is 0. The highest BCUT2D eigenvalue weighted by molar-refractivity contribution is 6.01. The first kappa shape index (κ1) is 23.6. The fraction of sp³-hybridized carbons (Fsp3) is 0.556. The van der Waals surface area contributed by atoms with Crippen LogP contribution in [0.1, 0.15) is 6.42 Å². The van der Waals surface area contributed by atoms with Gasteiger partial charge in [0.05, 0.1) is 0 Å². The maximum absolute atomic E-state index is 10.0. The van der Waals surface area contributed by atoms with Gasteiger partial charge in [-0.15, -0.1) is 0 Å². The van der Waals surface area contributed by atoms with Gasteiger partial charge in [0.15, 0.2) is 0 Å². The molecule has 0 rings (SSSR count). The average molecular weight is 220 g/mol. The van der Waals surface area contributed by atoms with Crippen molar-refractivity contribution in [2.45, 2.75) is 6.42 Å². The molecule has 0 atom stereocenters. The smallest absolute Gasteiger partial charge is 0.140 e. The highest BCUT2D eigenvalue weighted by Gasteiger charge is 2.25. The van der Waals surface area contributed by atoms with E-state index in [-0.39, 0.29) is 6.42 Å².